The van der Waals surface area contributed by atoms with Crippen LogP contribution in [0, 0.1) is 0 Å². The normalized spacial score (nSPS) is 11.5. The number of pyridine rings is 1. The van der Waals surface area contributed by atoms with E-state index in [-0.39, 0.29) is 18.7 Å². The maximum Gasteiger partial charge on any atom is 0.401 e. The molecule has 0 bridgehead atoms. The third-order valence-electron chi connectivity index (χ3n) is 5.70. The van der Waals surface area contributed by atoms with Crippen LogP contribution in [0.4, 0.5) is 36.2 Å². The number of hydrogen-bond acceptors (Lipinski definition) is 10. The third kappa shape index (κ3) is 7.08. The van der Waals surface area contributed by atoms with Crippen molar-refractivity contribution in [3.05, 3.63) is 60.4 Å². The van der Waals surface area contributed by atoms with Crippen molar-refractivity contribution < 1.29 is 22.7 Å². The minimum absolute atomic E-state index is 0.0121. The quantitative estimate of drug-likeness (QED) is 0.251. The Morgan fingerprint density at radius 3 is 2.45 bits per heavy atom. The monoisotopic (exact) mass is 555 g/mol. The molecule has 0 radical (unpaired) electrons. The van der Waals surface area contributed by atoms with Crippen molar-refractivity contribution in [3.63, 3.8) is 0 Å². The lowest BCUT2D eigenvalue weighted by Crippen LogP contribution is -2.30. The van der Waals surface area contributed by atoms with Crippen LogP contribution in [-0.4, -0.2) is 67.3 Å². The molecule has 3 heterocycles. The number of alkyl halides is 3. The van der Waals surface area contributed by atoms with Crippen LogP contribution in [0.2, 0.25) is 0 Å². The fourth-order valence-corrected chi connectivity index (χ4v) is 3.95. The number of hydrogen-bond donors (Lipinski definition) is 2. The summed E-state index contributed by atoms with van der Waals surface area (Å²) in [4.78, 5) is 30.9. The number of methoxy groups -OCH3 is 1. The second-order valence-corrected chi connectivity index (χ2v) is 8.95. The molecular formula is C26H28F3N9O2. The lowest BCUT2D eigenvalue weighted by atomic mass is 10.1. The van der Waals surface area contributed by atoms with Gasteiger partial charge in [-0.15, -0.1) is 0 Å². The Balaban J connectivity index is 1.58. The second kappa shape index (κ2) is 12.1. The van der Waals surface area contributed by atoms with E-state index in [0.29, 0.717) is 51.4 Å². The van der Waals surface area contributed by atoms with Gasteiger partial charge in [0, 0.05) is 32.3 Å². The number of ether oxygens (including phenoxy) is 1. The molecule has 0 aliphatic carbocycles. The predicted octanol–water partition coefficient (Wildman–Crippen LogP) is 4.75. The molecule has 0 amide bonds. The standard InChI is InChI=1S/C26H28F3N9O2/c1-5-21(39)18-11-32-22(35-23-12-30-16(10-31-23)13-37(2)14-26(27,28)29)9-20(18)34-19-8-6-7-17(24(19)40-4)25-33-15-38(3)36-25/h6-12,15H,5,13-14H2,1-4H3,(H2,31,32,34,35). The number of aryl methyl sites for hydroxylation is 1. The summed E-state index contributed by atoms with van der Waals surface area (Å²) in [6.07, 6.45) is 1.82. The van der Waals surface area contributed by atoms with E-state index >= 15 is 0 Å². The van der Waals surface area contributed by atoms with Gasteiger partial charge in [0.2, 0.25) is 0 Å². The SMILES string of the molecule is CCC(=O)c1cnc(Nc2cnc(CN(C)CC(F)(F)F)cn2)cc1Nc1cccc(-c2ncn(C)n2)c1OC. The Morgan fingerprint density at radius 1 is 1.05 bits per heavy atom. The van der Waals surface area contributed by atoms with E-state index in [0.717, 1.165) is 4.90 Å². The Morgan fingerprint density at radius 2 is 1.82 bits per heavy atom. The molecule has 0 saturated carbocycles. The molecule has 0 fully saturated rings. The third-order valence-corrected chi connectivity index (χ3v) is 5.70. The van der Waals surface area contributed by atoms with Gasteiger partial charge in [0.1, 0.15) is 18.0 Å². The largest absolute Gasteiger partial charge is 0.494 e. The van der Waals surface area contributed by atoms with Crippen molar-refractivity contribution >= 4 is 28.8 Å². The number of carbonyl (C=O) groups excluding carboxylic acids is 1. The van der Waals surface area contributed by atoms with E-state index in [1.165, 1.54) is 32.7 Å². The van der Waals surface area contributed by atoms with Crippen molar-refractivity contribution in [2.75, 3.05) is 31.3 Å². The molecule has 210 valence electrons. The van der Waals surface area contributed by atoms with Crippen molar-refractivity contribution in [3.8, 4) is 17.1 Å². The highest BCUT2D eigenvalue weighted by Crippen LogP contribution is 2.37. The summed E-state index contributed by atoms with van der Waals surface area (Å²) in [6, 6.07) is 7.11. The molecule has 0 unspecified atom stereocenters. The molecule has 40 heavy (non-hydrogen) atoms. The van der Waals surface area contributed by atoms with Crippen LogP contribution < -0.4 is 15.4 Å². The van der Waals surface area contributed by atoms with Crippen molar-refractivity contribution in [2.24, 2.45) is 7.05 Å². The Labute approximate surface area is 228 Å². The number of carbonyl (C=O) groups is 1. The summed E-state index contributed by atoms with van der Waals surface area (Å²) in [5.74, 6) is 1.56. The van der Waals surface area contributed by atoms with E-state index < -0.39 is 12.7 Å². The minimum Gasteiger partial charge on any atom is -0.494 e. The number of nitrogens with zero attached hydrogens (tertiary/aromatic N) is 7. The van der Waals surface area contributed by atoms with E-state index in [9.17, 15) is 18.0 Å². The van der Waals surface area contributed by atoms with Crippen LogP contribution in [0.3, 0.4) is 0 Å². The zero-order chi connectivity index (χ0) is 28.9. The molecule has 4 rings (SSSR count). The number of aromatic nitrogens is 6. The summed E-state index contributed by atoms with van der Waals surface area (Å²) >= 11 is 0. The number of benzene rings is 1. The first-order chi connectivity index (χ1) is 19.1. The summed E-state index contributed by atoms with van der Waals surface area (Å²) < 4.78 is 45.0. The van der Waals surface area contributed by atoms with Gasteiger partial charge in [-0.2, -0.15) is 18.3 Å². The van der Waals surface area contributed by atoms with Crippen molar-refractivity contribution in [2.45, 2.75) is 26.1 Å². The lowest BCUT2D eigenvalue weighted by Gasteiger charge is -2.18. The summed E-state index contributed by atoms with van der Waals surface area (Å²) in [5, 5.41) is 10.6. The number of rotatable bonds is 11. The molecule has 3 aromatic heterocycles. The maximum atomic E-state index is 12.7. The Kier molecular flexibility index (Phi) is 8.58. The van der Waals surface area contributed by atoms with Gasteiger partial charge in [0.05, 0.1) is 54.2 Å². The predicted molar refractivity (Wildman–Crippen MR) is 143 cm³/mol. The van der Waals surface area contributed by atoms with Gasteiger partial charge in [0.25, 0.3) is 0 Å². The highest BCUT2D eigenvalue weighted by molar-refractivity contribution is 6.02. The Hall–Kier alpha value is -4.59. The molecule has 4 aromatic rings. The number of anilines is 4. The van der Waals surface area contributed by atoms with Crippen LogP contribution in [0.15, 0.2) is 49.2 Å². The number of nitrogens with one attached hydrogen (secondary N) is 2. The molecular weight excluding hydrogens is 527 g/mol. The zero-order valence-corrected chi connectivity index (χ0v) is 22.3. The highest BCUT2D eigenvalue weighted by atomic mass is 19.4. The average molecular weight is 556 g/mol. The van der Waals surface area contributed by atoms with Gasteiger partial charge in [-0.05, 0) is 19.2 Å². The zero-order valence-electron chi connectivity index (χ0n) is 22.3. The first-order valence-electron chi connectivity index (χ1n) is 12.2. The minimum atomic E-state index is -4.30. The molecule has 11 nitrogen and oxygen atoms in total. The number of ketones is 1. The smallest absolute Gasteiger partial charge is 0.401 e. The molecule has 0 aliphatic rings. The Bertz CT molecular complexity index is 1470. The van der Waals surface area contributed by atoms with Crippen molar-refractivity contribution in [1.82, 2.24) is 34.6 Å². The van der Waals surface area contributed by atoms with Crippen LogP contribution in [0.5, 0.6) is 5.75 Å². The number of para-hydroxylation sites is 1. The van der Waals surface area contributed by atoms with Crippen LogP contribution in [0.25, 0.3) is 11.4 Å². The fourth-order valence-electron chi connectivity index (χ4n) is 3.95. The molecule has 1 aromatic carbocycles. The maximum absolute atomic E-state index is 12.7. The first kappa shape index (κ1) is 28.4. The van der Waals surface area contributed by atoms with E-state index in [1.807, 2.05) is 12.1 Å². The fraction of sp³-hybridized carbons (Fsp3) is 0.308. The van der Waals surface area contributed by atoms with Crippen LogP contribution in [-0.2, 0) is 13.6 Å². The lowest BCUT2D eigenvalue weighted by molar-refractivity contribution is -0.144. The van der Waals surface area contributed by atoms with Gasteiger partial charge in [-0.3, -0.25) is 19.4 Å². The molecule has 14 heteroatoms. The molecule has 0 aliphatic heterocycles. The topological polar surface area (TPSA) is 123 Å². The van der Waals surface area contributed by atoms with Crippen LogP contribution >= 0.6 is 0 Å². The molecule has 0 atom stereocenters. The van der Waals surface area contributed by atoms with Crippen molar-refractivity contribution in [1.29, 1.82) is 0 Å². The second-order valence-electron chi connectivity index (χ2n) is 8.95. The van der Waals surface area contributed by atoms with Gasteiger partial charge in [-0.25, -0.2) is 15.0 Å². The van der Waals surface area contributed by atoms with Gasteiger partial charge >= 0.3 is 6.18 Å². The van der Waals surface area contributed by atoms with E-state index in [1.54, 1.807) is 37.1 Å². The van der Waals surface area contributed by atoms with Gasteiger partial charge in [0.15, 0.2) is 17.4 Å². The van der Waals surface area contributed by atoms with Gasteiger partial charge < -0.3 is 15.4 Å². The molecule has 0 saturated heterocycles. The number of halogens is 3. The van der Waals surface area contributed by atoms with Crippen LogP contribution in [0.1, 0.15) is 29.4 Å². The first-order valence-corrected chi connectivity index (χ1v) is 12.2. The summed E-state index contributed by atoms with van der Waals surface area (Å²) in [7, 11) is 4.66. The molecule has 0 spiro atoms. The average Bonchev–Trinajstić information content (AvgIpc) is 3.34. The number of Topliss-reactive ketones (excluding diaryl/α,β-unsaturated/α-hetero) is 1. The summed E-state index contributed by atoms with van der Waals surface area (Å²) in [5.41, 5.74) is 2.49. The summed E-state index contributed by atoms with van der Waals surface area (Å²) in [6.45, 7) is 0.695. The highest BCUT2D eigenvalue weighted by Gasteiger charge is 2.29. The van der Waals surface area contributed by atoms with Gasteiger partial charge in [-0.1, -0.05) is 13.0 Å². The van der Waals surface area contributed by atoms with E-state index in [2.05, 4.69) is 35.7 Å². The van der Waals surface area contributed by atoms with E-state index in [4.69, 9.17) is 4.74 Å². The molecule has 2 N–H and O–H groups in total.